The van der Waals surface area contributed by atoms with Gasteiger partial charge in [-0.2, -0.15) is 0 Å². The Morgan fingerprint density at radius 1 is 0.958 bits per heavy atom. The molecule has 0 aliphatic carbocycles. The maximum absolute atomic E-state index is 12.2. The molecule has 0 radical (unpaired) electrons. The summed E-state index contributed by atoms with van der Waals surface area (Å²) < 4.78 is 1.77. The second-order valence-electron chi connectivity index (χ2n) is 5.19. The van der Waals surface area contributed by atoms with Crippen LogP contribution in [0.3, 0.4) is 0 Å². The van der Waals surface area contributed by atoms with E-state index in [1.165, 1.54) is 17.3 Å². The standard InChI is InChI=1S/C18H16N2OS3/c1-13-7-9-15(10-8-13)16(21)12-23-18-20-19-17(24-18)22-11-14-5-3-2-4-6-14/h2-10H,11-12H2,1H3. The summed E-state index contributed by atoms with van der Waals surface area (Å²) in [5.41, 5.74) is 3.17. The molecule has 3 rings (SSSR count). The molecule has 24 heavy (non-hydrogen) atoms. The quantitative estimate of drug-likeness (QED) is 0.426. The summed E-state index contributed by atoms with van der Waals surface area (Å²) in [5.74, 6) is 1.39. The van der Waals surface area contributed by atoms with Crippen molar-refractivity contribution in [2.45, 2.75) is 21.4 Å². The van der Waals surface area contributed by atoms with Gasteiger partial charge in [-0.1, -0.05) is 95.0 Å². The second kappa shape index (κ2) is 8.46. The van der Waals surface area contributed by atoms with Gasteiger partial charge < -0.3 is 0 Å². The average molecular weight is 373 g/mol. The number of hydrogen-bond donors (Lipinski definition) is 0. The van der Waals surface area contributed by atoms with Gasteiger partial charge in [-0.05, 0) is 12.5 Å². The fraction of sp³-hybridized carbons (Fsp3) is 0.167. The van der Waals surface area contributed by atoms with E-state index in [1.807, 2.05) is 49.4 Å². The highest BCUT2D eigenvalue weighted by atomic mass is 32.2. The van der Waals surface area contributed by atoms with E-state index < -0.39 is 0 Å². The topological polar surface area (TPSA) is 42.9 Å². The van der Waals surface area contributed by atoms with Crippen LogP contribution < -0.4 is 0 Å². The van der Waals surface area contributed by atoms with Gasteiger partial charge in [-0.25, -0.2) is 0 Å². The normalized spacial score (nSPS) is 10.7. The third-order valence-corrected chi connectivity index (χ3v) is 6.55. The first kappa shape index (κ1) is 17.2. The molecule has 0 N–H and O–H groups in total. The van der Waals surface area contributed by atoms with Gasteiger partial charge >= 0.3 is 0 Å². The number of ketones is 1. The Hall–Kier alpha value is -1.63. The fourth-order valence-corrected chi connectivity index (χ4v) is 4.85. The minimum Gasteiger partial charge on any atom is -0.293 e. The van der Waals surface area contributed by atoms with E-state index in [1.54, 1.807) is 23.1 Å². The minimum absolute atomic E-state index is 0.119. The Balaban J connectivity index is 1.50. The highest BCUT2D eigenvalue weighted by Gasteiger charge is 2.10. The van der Waals surface area contributed by atoms with Crippen LogP contribution in [0, 0.1) is 6.92 Å². The van der Waals surface area contributed by atoms with Crippen molar-refractivity contribution < 1.29 is 4.79 Å². The van der Waals surface area contributed by atoms with Crippen LogP contribution in [0.1, 0.15) is 21.5 Å². The van der Waals surface area contributed by atoms with Crippen molar-refractivity contribution in [2.75, 3.05) is 5.75 Å². The Bertz CT molecular complexity index is 801. The van der Waals surface area contributed by atoms with Gasteiger partial charge in [-0.3, -0.25) is 4.79 Å². The lowest BCUT2D eigenvalue weighted by Crippen LogP contribution is -2.01. The average Bonchev–Trinajstić information content (AvgIpc) is 3.07. The summed E-state index contributed by atoms with van der Waals surface area (Å²) in [6.07, 6.45) is 0. The molecule has 122 valence electrons. The van der Waals surface area contributed by atoms with Crippen LogP contribution in [0.4, 0.5) is 0 Å². The van der Waals surface area contributed by atoms with Crippen LogP contribution in [0.25, 0.3) is 0 Å². The highest BCUT2D eigenvalue weighted by Crippen LogP contribution is 2.30. The summed E-state index contributed by atoms with van der Waals surface area (Å²) in [5, 5.41) is 8.36. The minimum atomic E-state index is 0.119. The zero-order valence-corrected chi connectivity index (χ0v) is 15.6. The summed E-state index contributed by atoms with van der Waals surface area (Å²) in [6.45, 7) is 2.01. The zero-order valence-electron chi connectivity index (χ0n) is 13.1. The first-order valence-corrected chi connectivity index (χ1v) is 10.2. The molecule has 3 nitrogen and oxygen atoms in total. The van der Waals surface area contributed by atoms with Crippen LogP contribution in [0.2, 0.25) is 0 Å². The van der Waals surface area contributed by atoms with E-state index in [0.717, 1.165) is 25.6 Å². The van der Waals surface area contributed by atoms with Gasteiger partial charge in [0.25, 0.3) is 0 Å². The number of benzene rings is 2. The molecule has 0 atom stereocenters. The second-order valence-corrected chi connectivity index (χ2v) is 8.61. The van der Waals surface area contributed by atoms with Crippen molar-refractivity contribution in [1.29, 1.82) is 0 Å². The van der Waals surface area contributed by atoms with Crippen LogP contribution in [-0.4, -0.2) is 21.7 Å². The summed E-state index contributed by atoms with van der Waals surface area (Å²) in [4.78, 5) is 12.2. The number of carbonyl (C=O) groups excluding carboxylic acids is 1. The van der Waals surface area contributed by atoms with Gasteiger partial charge in [0.15, 0.2) is 14.5 Å². The summed E-state index contributed by atoms with van der Waals surface area (Å²) in [6, 6.07) is 18.0. The molecule has 0 bridgehead atoms. The van der Waals surface area contributed by atoms with E-state index >= 15 is 0 Å². The molecule has 0 fully saturated rings. The lowest BCUT2D eigenvalue weighted by Gasteiger charge is -1.99. The summed E-state index contributed by atoms with van der Waals surface area (Å²) in [7, 11) is 0. The Morgan fingerprint density at radius 2 is 1.62 bits per heavy atom. The molecule has 0 amide bonds. The first-order valence-electron chi connectivity index (χ1n) is 7.43. The predicted molar refractivity (Wildman–Crippen MR) is 102 cm³/mol. The molecule has 0 aliphatic rings. The van der Waals surface area contributed by atoms with E-state index in [9.17, 15) is 4.79 Å². The van der Waals surface area contributed by atoms with E-state index in [0.29, 0.717) is 5.75 Å². The molecule has 1 heterocycles. The number of Topliss-reactive ketones (excluding diaryl/α,β-unsaturated/α-hetero) is 1. The molecule has 1 aromatic heterocycles. The number of aromatic nitrogens is 2. The van der Waals surface area contributed by atoms with E-state index in [2.05, 4.69) is 22.3 Å². The molecule has 0 spiro atoms. The van der Waals surface area contributed by atoms with Crippen LogP contribution >= 0.6 is 34.9 Å². The number of hydrogen-bond acceptors (Lipinski definition) is 6. The molecule has 6 heteroatoms. The highest BCUT2D eigenvalue weighted by molar-refractivity contribution is 8.03. The van der Waals surface area contributed by atoms with Crippen LogP contribution in [0.5, 0.6) is 0 Å². The van der Waals surface area contributed by atoms with Gasteiger partial charge in [0, 0.05) is 11.3 Å². The maximum Gasteiger partial charge on any atom is 0.175 e. The predicted octanol–water partition coefficient (Wildman–Crippen LogP) is 5.11. The fourth-order valence-electron chi connectivity index (χ4n) is 1.98. The molecular weight excluding hydrogens is 356 g/mol. The number of aryl methyl sites for hydroxylation is 1. The number of thioether (sulfide) groups is 2. The maximum atomic E-state index is 12.2. The molecular formula is C18H16N2OS3. The largest absolute Gasteiger partial charge is 0.293 e. The lowest BCUT2D eigenvalue weighted by atomic mass is 10.1. The number of rotatable bonds is 7. The molecule has 3 aromatic rings. The van der Waals surface area contributed by atoms with E-state index in [4.69, 9.17) is 0 Å². The van der Waals surface area contributed by atoms with Crippen molar-refractivity contribution in [3.63, 3.8) is 0 Å². The van der Waals surface area contributed by atoms with Crippen molar-refractivity contribution in [3.8, 4) is 0 Å². The molecule has 0 aliphatic heterocycles. The third-order valence-electron chi connectivity index (χ3n) is 3.29. The molecule has 0 saturated heterocycles. The van der Waals surface area contributed by atoms with E-state index in [-0.39, 0.29) is 5.78 Å². The van der Waals surface area contributed by atoms with Gasteiger partial charge in [0.2, 0.25) is 0 Å². The third kappa shape index (κ3) is 4.93. The Kier molecular flexibility index (Phi) is 6.07. The Labute approximate surface area is 153 Å². The SMILES string of the molecule is Cc1ccc(C(=O)CSc2nnc(SCc3ccccc3)s2)cc1. The van der Waals surface area contributed by atoms with Crippen LogP contribution in [0.15, 0.2) is 63.3 Å². The van der Waals surface area contributed by atoms with Crippen molar-refractivity contribution in [1.82, 2.24) is 10.2 Å². The number of carbonyl (C=O) groups is 1. The first-order chi connectivity index (χ1) is 11.7. The van der Waals surface area contributed by atoms with Crippen molar-refractivity contribution >= 4 is 40.6 Å². The van der Waals surface area contributed by atoms with Gasteiger partial charge in [-0.15, -0.1) is 10.2 Å². The smallest absolute Gasteiger partial charge is 0.175 e. The monoisotopic (exact) mass is 372 g/mol. The van der Waals surface area contributed by atoms with Gasteiger partial charge in [0.1, 0.15) is 0 Å². The number of nitrogens with zero attached hydrogens (tertiary/aromatic N) is 2. The summed E-state index contributed by atoms with van der Waals surface area (Å²) >= 11 is 4.67. The lowest BCUT2D eigenvalue weighted by molar-refractivity contribution is 0.102. The van der Waals surface area contributed by atoms with Gasteiger partial charge in [0.05, 0.1) is 5.75 Å². The Morgan fingerprint density at radius 3 is 2.33 bits per heavy atom. The van der Waals surface area contributed by atoms with Crippen LogP contribution in [-0.2, 0) is 5.75 Å². The molecule has 0 saturated carbocycles. The van der Waals surface area contributed by atoms with Crippen molar-refractivity contribution in [2.24, 2.45) is 0 Å². The molecule has 0 unspecified atom stereocenters. The molecule has 2 aromatic carbocycles. The van der Waals surface area contributed by atoms with Crippen molar-refractivity contribution in [3.05, 3.63) is 71.3 Å². The zero-order chi connectivity index (χ0) is 16.8.